The van der Waals surface area contributed by atoms with E-state index in [4.69, 9.17) is 19.4 Å². The Morgan fingerprint density at radius 2 is 0.804 bits per heavy atom. The van der Waals surface area contributed by atoms with Crippen molar-refractivity contribution in [3.05, 3.63) is 194 Å². The third-order valence-corrected chi connectivity index (χ3v) is 10.7. The molecule has 3 heterocycles. The van der Waals surface area contributed by atoms with Crippen LogP contribution >= 0.6 is 0 Å². The highest BCUT2D eigenvalue weighted by atomic mass is 16.3. The molecule has 0 unspecified atom stereocenters. The van der Waals surface area contributed by atoms with Gasteiger partial charge < -0.3 is 4.42 Å². The van der Waals surface area contributed by atoms with Gasteiger partial charge in [-0.05, 0) is 57.6 Å². The summed E-state index contributed by atoms with van der Waals surface area (Å²) in [5.74, 6) is 1.69. The minimum absolute atomic E-state index is 0.518. The van der Waals surface area contributed by atoms with Crippen LogP contribution in [-0.4, -0.2) is 19.5 Å². The maximum absolute atomic E-state index is 6.72. The van der Waals surface area contributed by atoms with E-state index >= 15 is 0 Å². The van der Waals surface area contributed by atoms with Crippen LogP contribution < -0.4 is 0 Å². The molecule has 0 fully saturated rings. The van der Waals surface area contributed by atoms with Gasteiger partial charge in [0.2, 0.25) is 5.95 Å². The number of hydrogen-bond donors (Lipinski definition) is 0. The summed E-state index contributed by atoms with van der Waals surface area (Å²) >= 11 is 0. The number of aromatic nitrogens is 4. The zero-order chi connectivity index (χ0) is 37.0. The number of furan rings is 1. The summed E-state index contributed by atoms with van der Waals surface area (Å²) in [5, 5.41) is 4.27. The van der Waals surface area contributed by atoms with Crippen LogP contribution in [0.3, 0.4) is 0 Å². The van der Waals surface area contributed by atoms with Gasteiger partial charge in [0.15, 0.2) is 17.2 Å². The molecule has 8 aromatic carbocycles. The van der Waals surface area contributed by atoms with Crippen molar-refractivity contribution in [1.29, 1.82) is 0 Å². The second-order valence-electron chi connectivity index (χ2n) is 14.0. The smallest absolute Gasteiger partial charge is 0.238 e. The third-order valence-electron chi connectivity index (χ3n) is 10.7. The lowest BCUT2D eigenvalue weighted by Gasteiger charge is -2.12. The lowest BCUT2D eigenvalue weighted by atomic mass is 10.0. The van der Waals surface area contributed by atoms with E-state index < -0.39 is 0 Å². The predicted octanol–water partition coefficient (Wildman–Crippen LogP) is 13.2. The summed E-state index contributed by atoms with van der Waals surface area (Å²) in [6.45, 7) is 0. The first-order valence-electron chi connectivity index (χ1n) is 18.8. The average molecular weight is 717 g/mol. The van der Waals surface area contributed by atoms with Crippen LogP contribution in [0, 0.1) is 0 Å². The monoisotopic (exact) mass is 716 g/mol. The van der Waals surface area contributed by atoms with Gasteiger partial charge in [0.25, 0.3) is 0 Å². The van der Waals surface area contributed by atoms with Gasteiger partial charge in [0.05, 0.1) is 5.52 Å². The molecule has 11 rings (SSSR count). The molecule has 0 radical (unpaired) electrons. The van der Waals surface area contributed by atoms with Gasteiger partial charge in [0, 0.05) is 32.7 Å². The number of rotatable bonds is 6. The van der Waals surface area contributed by atoms with Crippen LogP contribution in [0.2, 0.25) is 0 Å². The van der Waals surface area contributed by atoms with Gasteiger partial charge in [-0.2, -0.15) is 9.97 Å². The lowest BCUT2D eigenvalue weighted by molar-refractivity contribution is 0.670. The Kier molecular flexibility index (Phi) is 7.42. The van der Waals surface area contributed by atoms with Gasteiger partial charge in [-0.3, -0.25) is 4.57 Å². The Balaban J connectivity index is 1.17. The largest absolute Gasteiger partial charge is 0.454 e. The van der Waals surface area contributed by atoms with Gasteiger partial charge >= 0.3 is 0 Å². The number of benzene rings is 8. The normalized spacial score (nSPS) is 11.6. The highest BCUT2D eigenvalue weighted by Crippen LogP contribution is 2.41. The van der Waals surface area contributed by atoms with E-state index in [0.29, 0.717) is 17.6 Å². The molecule has 0 aliphatic carbocycles. The summed E-state index contributed by atoms with van der Waals surface area (Å²) in [6, 6.07) is 67.4. The topological polar surface area (TPSA) is 56.7 Å². The molecule has 0 spiro atoms. The highest BCUT2D eigenvalue weighted by molar-refractivity contribution is 6.21. The quantitative estimate of drug-likeness (QED) is 0.172. The molecule has 0 saturated carbocycles. The molecule has 5 heteroatoms. The van der Waals surface area contributed by atoms with Crippen LogP contribution in [0.25, 0.3) is 106 Å². The Bertz CT molecular complexity index is 3100. The first-order chi connectivity index (χ1) is 27.7. The summed E-state index contributed by atoms with van der Waals surface area (Å²) in [4.78, 5) is 15.7. The molecule has 0 amide bonds. The van der Waals surface area contributed by atoms with Crippen LogP contribution in [0.4, 0.5) is 0 Å². The maximum atomic E-state index is 6.72. The Morgan fingerprint density at radius 1 is 0.339 bits per heavy atom. The zero-order valence-corrected chi connectivity index (χ0v) is 30.2. The first-order valence-corrected chi connectivity index (χ1v) is 18.8. The fourth-order valence-electron chi connectivity index (χ4n) is 7.91. The number of para-hydroxylation sites is 1. The van der Waals surface area contributed by atoms with Crippen molar-refractivity contribution >= 4 is 43.7 Å². The van der Waals surface area contributed by atoms with Crippen molar-refractivity contribution in [2.45, 2.75) is 0 Å². The average Bonchev–Trinajstić information content (AvgIpc) is 3.83. The number of nitrogens with zero attached hydrogens (tertiary/aromatic N) is 4. The van der Waals surface area contributed by atoms with Gasteiger partial charge in [-0.15, -0.1) is 0 Å². The van der Waals surface area contributed by atoms with Crippen LogP contribution in [-0.2, 0) is 0 Å². The van der Waals surface area contributed by atoms with Crippen LogP contribution in [0.15, 0.2) is 199 Å². The summed E-state index contributed by atoms with van der Waals surface area (Å²) in [6.07, 6.45) is 0. The minimum atomic E-state index is 0.518. The number of hydrogen-bond acceptors (Lipinski definition) is 4. The highest BCUT2D eigenvalue weighted by Gasteiger charge is 2.22. The molecule has 0 bridgehead atoms. The summed E-state index contributed by atoms with van der Waals surface area (Å²) < 4.78 is 8.88. The van der Waals surface area contributed by atoms with E-state index in [1.807, 2.05) is 30.3 Å². The third kappa shape index (κ3) is 5.37. The molecule has 0 N–H and O–H groups in total. The van der Waals surface area contributed by atoms with Gasteiger partial charge in [-0.25, -0.2) is 4.98 Å². The molecule has 0 aliphatic rings. The van der Waals surface area contributed by atoms with Crippen LogP contribution in [0.5, 0.6) is 0 Å². The van der Waals surface area contributed by atoms with Crippen molar-refractivity contribution in [3.63, 3.8) is 0 Å². The van der Waals surface area contributed by atoms with E-state index in [2.05, 4.69) is 168 Å². The van der Waals surface area contributed by atoms with Crippen molar-refractivity contribution in [1.82, 2.24) is 19.5 Å². The predicted molar refractivity (Wildman–Crippen MR) is 229 cm³/mol. The van der Waals surface area contributed by atoms with E-state index in [1.165, 1.54) is 0 Å². The van der Waals surface area contributed by atoms with E-state index in [1.54, 1.807) is 0 Å². The molecule has 56 heavy (non-hydrogen) atoms. The molecule has 3 aromatic heterocycles. The Labute approximate surface area is 322 Å². The molecule has 0 saturated heterocycles. The molecule has 0 atom stereocenters. The van der Waals surface area contributed by atoms with Crippen molar-refractivity contribution < 1.29 is 4.42 Å². The van der Waals surface area contributed by atoms with Crippen molar-refractivity contribution in [2.24, 2.45) is 0 Å². The Hall–Kier alpha value is -7.63. The molecule has 5 nitrogen and oxygen atoms in total. The lowest BCUT2D eigenvalue weighted by Crippen LogP contribution is -2.06. The fourth-order valence-corrected chi connectivity index (χ4v) is 7.91. The molecule has 262 valence electrons. The summed E-state index contributed by atoms with van der Waals surface area (Å²) in [5.41, 5.74) is 12.2. The second kappa shape index (κ2) is 13.0. The van der Waals surface area contributed by atoms with Crippen LogP contribution in [0.1, 0.15) is 0 Å². The molecular formula is C51H32N4O. The standard InChI is InChI=1S/C51H32N4O/c1-4-12-33(13-5-1)36-20-24-38(25-21-36)49-52-50(39-26-22-37(23-27-39)34-14-6-2-7-15-34)54-51(53-49)55-45-31-28-40(35-16-8-3-9-17-35)32-44(45)42-29-30-43-41-18-10-11-19-46(41)56-48(43)47(42)55/h1-32H. The van der Waals surface area contributed by atoms with Crippen molar-refractivity contribution in [3.8, 4) is 62.1 Å². The molecular weight excluding hydrogens is 685 g/mol. The Morgan fingerprint density at radius 3 is 1.39 bits per heavy atom. The van der Waals surface area contributed by atoms with E-state index in [-0.39, 0.29) is 0 Å². The zero-order valence-electron chi connectivity index (χ0n) is 30.2. The fraction of sp³-hybridized carbons (Fsp3) is 0. The second-order valence-corrected chi connectivity index (χ2v) is 14.0. The maximum Gasteiger partial charge on any atom is 0.238 e. The van der Waals surface area contributed by atoms with Gasteiger partial charge in [0.1, 0.15) is 11.1 Å². The minimum Gasteiger partial charge on any atom is -0.454 e. The molecule has 11 aromatic rings. The molecule has 0 aliphatic heterocycles. The SMILES string of the molecule is c1ccc(-c2ccc(-c3nc(-c4ccc(-c5ccccc5)cc4)nc(-n4c5ccc(-c6ccccc6)cc5c5ccc6c7ccccc7oc6c54)n3)cc2)cc1. The first kappa shape index (κ1) is 31.9. The summed E-state index contributed by atoms with van der Waals surface area (Å²) in [7, 11) is 0. The number of fused-ring (bicyclic) bond motifs is 7. The van der Waals surface area contributed by atoms with E-state index in [0.717, 1.165) is 88.3 Å². The van der Waals surface area contributed by atoms with E-state index in [9.17, 15) is 0 Å². The van der Waals surface area contributed by atoms with Gasteiger partial charge in [-0.1, -0.05) is 170 Å². The van der Waals surface area contributed by atoms with Crippen molar-refractivity contribution in [2.75, 3.05) is 0 Å².